The SMILES string of the molecule is CNC(=O)c1ccc(/C=C/C(=O)NCC(=O)N(C)c2ccc(C)c(COc3cccc4c(-c5ccccc5)cc(C)nc34)c2C)cc1. The summed E-state index contributed by atoms with van der Waals surface area (Å²) in [6.45, 7) is 6.11. The van der Waals surface area contributed by atoms with Gasteiger partial charge in [0.15, 0.2) is 0 Å². The van der Waals surface area contributed by atoms with Crippen molar-refractivity contribution in [3.63, 3.8) is 0 Å². The molecule has 47 heavy (non-hydrogen) atoms. The molecule has 4 aromatic carbocycles. The topological polar surface area (TPSA) is 101 Å². The van der Waals surface area contributed by atoms with Gasteiger partial charge in [0.05, 0.1) is 6.54 Å². The number of rotatable bonds is 10. The van der Waals surface area contributed by atoms with E-state index in [1.54, 1.807) is 49.3 Å². The van der Waals surface area contributed by atoms with E-state index in [9.17, 15) is 14.4 Å². The van der Waals surface area contributed by atoms with E-state index in [1.807, 2.05) is 63.2 Å². The predicted molar refractivity (Wildman–Crippen MR) is 187 cm³/mol. The highest BCUT2D eigenvalue weighted by Gasteiger charge is 2.18. The number of carbonyl (C=O) groups is 3. The Bertz CT molecular complexity index is 1970. The van der Waals surface area contributed by atoms with Gasteiger partial charge in [-0.25, -0.2) is 4.98 Å². The minimum Gasteiger partial charge on any atom is -0.487 e. The molecule has 238 valence electrons. The number of ether oxygens (including phenoxy) is 1. The predicted octanol–water partition coefficient (Wildman–Crippen LogP) is 6.56. The summed E-state index contributed by atoms with van der Waals surface area (Å²) in [7, 11) is 3.27. The molecule has 3 amide bonds. The van der Waals surface area contributed by atoms with Crippen LogP contribution in [0.25, 0.3) is 28.1 Å². The highest BCUT2D eigenvalue weighted by molar-refractivity contribution is 6.00. The molecule has 0 atom stereocenters. The minimum atomic E-state index is -0.397. The number of nitrogens with one attached hydrogen (secondary N) is 2. The van der Waals surface area contributed by atoms with Gasteiger partial charge in [0, 0.05) is 42.5 Å². The lowest BCUT2D eigenvalue weighted by Gasteiger charge is -2.23. The van der Waals surface area contributed by atoms with E-state index >= 15 is 0 Å². The number of aryl methyl sites for hydroxylation is 2. The van der Waals surface area contributed by atoms with Gasteiger partial charge in [-0.1, -0.05) is 60.7 Å². The fraction of sp³-hybridized carbons (Fsp3) is 0.179. The molecule has 1 heterocycles. The number of hydrogen-bond donors (Lipinski definition) is 2. The Hall–Kier alpha value is -5.76. The Balaban J connectivity index is 1.26. The number of anilines is 1. The standard InChI is InChI=1S/C39H38N4O4/c1-25-14-20-34(43(5)37(45)23-41-36(44)21-17-28-15-18-30(19-16-28)39(46)40-4)27(3)33(25)24-47-35-13-9-12-31-32(22-26(2)42-38(31)35)29-10-7-6-8-11-29/h6-22H,23-24H2,1-5H3,(H,40,46)(H,41,44)/b21-17+. The highest BCUT2D eigenvalue weighted by atomic mass is 16.5. The summed E-state index contributed by atoms with van der Waals surface area (Å²) in [6.07, 6.45) is 2.99. The maximum atomic E-state index is 13.1. The van der Waals surface area contributed by atoms with Crippen LogP contribution < -0.4 is 20.3 Å². The van der Waals surface area contributed by atoms with Crippen LogP contribution >= 0.6 is 0 Å². The Kier molecular flexibility index (Phi) is 10.1. The van der Waals surface area contributed by atoms with Crippen LogP contribution in [0.5, 0.6) is 5.75 Å². The van der Waals surface area contributed by atoms with Crippen LogP contribution in [0.4, 0.5) is 5.69 Å². The van der Waals surface area contributed by atoms with E-state index in [0.29, 0.717) is 17.9 Å². The van der Waals surface area contributed by atoms with E-state index in [-0.39, 0.29) is 18.4 Å². The second-order valence-electron chi connectivity index (χ2n) is 11.3. The zero-order valence-electron chi connectivity index (χ0n) is 27.3. The minimum absolute atomic E-state index is 0.167. The van der Waals surface area contributed by atoms with Crippen LogP contribution in [0.15, 0.2) is 97.1 Å². The average molecular weight is 627 g/mol. The molecule has 0 aliphatic heterocycles. The Labute approximate surface area is 275 Å². The normalized spacial score (nSPS) is 11.0. The third-order valence-electron chi connectivity index (χ3n) is 8.17. The first-order chi connectivity index (χ1) is 22.7. The number of benzene rings is 4. The van der Waals surface area contributed by atoms with Gasteiger partial charge >= 0.3 is 0 Å². The smallest absolute Gasteiger partial charge is 0.251 e. The largest absolute Gasteiger partial charge is 0.487 e. The van der Waals surface area contributed by atoms with Gasteiger partial charge in [0.25, 0.3) is 5.91 Å². The average Bonchev–Trinajstić information content (AvgIpc) is 3.09. The third kappa shape index (κ3) is 7.56. The second-order valence-corrected chi connectivity index (χ2v) is 11.3. The highest BCUT2D eigenvalue weighted by Crippen LogP contribution is 2.34. The quantitative estimate of drug-likeness (QED) is 0.171. The van der Waals surface area contributed by atoms with Crippen LogP contribution in [-0.2, 0) is 16.2 Å². The molecule has 0 bridgehead atoms. The summed E-state index contributed by atoms with van der Waals surface area (Å²) in [5.74, 6) is -0.150. The van der Waals surface area contributed by atoms with Crippen molar-refractivity contribution in [3.05, 3.63) is 131 Å². The lowest BCUT2D eigenvalue weighted by Crippen LogP contribution is -2.38. The molecule has 5 rings (SSSR count). The number of hydrogen-bond acceptors (Lipinski definition) is 5. The summed E-state index contributed by atoms with van der Waals surface area (Å²) in [4.78, 5) is 43.7. The second kappa shape index (κ2) is 14.6. The van der Waals surface area contributed by atoms with E-state index in [4.69, 9.17) is 9.72 Å². The molecular formula is C39H38N4O4. The van der Waals surface area contributed by atoms with Crippen LogP contribution in [0.1, 0.15) is 38.3 Å². The molecule has 0 spiro atoms. The van der Waals surface area contributed by atoms with Crippen molar-refractivity contribution >= 4 is 40.4 Å². The fourth-order valence-electron chi connectivity index (χ4n) is 5.47. The first kappa shape index (κ1) is 32.6. The Morgan fingerprint density at radius 2 is 1.64 bits per heavy atom. The lowest BCUT2D eigenvalue weighted by atomic mass is 9.99. The van der Waals surface area contributed by atoms with Crippen molar-refractivity contribution in [3.8, 4) is 16.9 Å². The third-order valence-corrected chi connectivity index (χ3v) is 8.17. The molecule has 0 saturated carbocycles. The molecule has 0 aliphatic carbocycles. The number of nitrogens with zero attached hydrogens (tertiary/aromatic N) is 2. The van der Waals surface area contributed by atoms with Gasteiger partial charge in [0.1, 0.15) is 17.9 Å². The van der Waals surface area contributed by atoms with Crippen molar-refractivity contribution < 1.29 is 19.1 Å². The number of amides is 3. The number of carbonyl (C=O) groups excluding carboxylic acids is 3. The number of likely N-dealkylation sites (N-methyl/N-ethyl adjacent to an activating group) is 1. The lowest BCUT2D eigenvalue weighted by molar-refractivity contribution is -0.122. The Morgan fingerprint density at radius 1 is 0.894 bits per heavy atom. The molecule has 2 N–H and O–H groups in total. The van der Waals surface area contributed by atoms with Crippen LogP contribution in [0.2, 0.25) is 0 Å². The van der Waals surface area contributed by atoms with E-state index < -0.39 is 5.91 Å². The molecule has 0 fully saturated rings. The van der Waals surface area contributed by atoms with Crippen molar-refractivity contribution in [1.82, 2.24) is 15.6 Å². The van der Waals surface area contributed by atoms with Crippen LogP contribution in [0, 0.1) is 20.8 Å². The zero-order valence-corrected chi connectivity index (χ0v) is 27.3. The van der Waals surface area contributed by atoms with E-state index in [2.05, 4.69) is 34.9 Å². The maximum absolute atomic E-state index is 13.1. The van der Waals surface area contributed by atoms with Crippen LogP contribution in [-0.4, -0.2) is 43.3 Å². The molecule has 8 nitrogen and oxygen atoms in total. The maximum Gasteiger partial charge on any atom is 0.251 e. The molecule has 5 aromatic rings. The van der Waals surface area contributed by atoms with Gasteiger partial charge in [-0.05, 0) is 90.6 Å². The summed E-state index contributed by atoms with van der Waals surface area (Å²) >= 11 is 0. The van der Waals surface area contributed by atoms with Gasteiger partial charge in [-0.15, -0.1) is 0 Å². The molecular weight excluding hydrogens is 588 g/mol. The number of aromatic nitrogens is 1. The molecule has 0 aliphatic rings. The van der Waals surface area contributed by atoms with Crippen molar-refractivity contribution in [2.24, 2.45) is 0 Å². The van der Waals surface area contributed by atoms with Crippen molar-refractivity contribution in [1.29, 1.82) is 0 Å². The molecule has 8 heteroatoms. The summed E-state index contributed by atoms with van der Waals surface area (Å²) in [6, 6.07) is 29.1. The van der Waals surface area contributed by atoms with E-state index in [0.717, 1.165) is 55.7 Å². The van der Waals surface area contributed by atoms with Gasteiger partial charge < -0.3 is 20.3 Å². The molecule has 0 saturated heterocycles. The molecule has 1 aromatic heterocycles. The number of para-hydroxylation sites is 1. The first-order valence-corrected chi connectivity index (χ1v) is 15.4. The van der Waals surface area contributed by atoms with Gasteiger partial charge in [-0.3, -0.25) is 14.4 Å². The summed E-state index contributed by atoms with van der Waals surface area (Å²) < 4.78 is 6.42. The Morgan fingerprint density at radius 3 is 2.36 bits per heavy atom. The monoisotopic (exact) mass is 626 g/mol. The van der Waals surface area contributed by atoms with Crippen molar-refractivity contribution in [2.45, 2.75) is 27.4 Å². The van der Waals surface area contributed by atoms with Gasteiger partial charge in [0.2, 0.25) is 11.8 Å². The summed E-state index contributed by atoms with van der Waals surface area (Å²) in [5.41, 5.74) is 8.89. The number of fused-ring (bicyclic) bond motifs is 1. The first-order valence-electron chi connectivity index (χ1n) is 15.4. The van der Waals surface area contributed by atoms with E-state index in [1.165, 1.54) is 6.08 Å². The van der Waals surface area contributed by atoms with Gasteiger partial charge in [-0.2, -0.15) is 0 Å². The number of pyridine rings is 1. The zero-order chi connectivity index (χ0) is 33.5. The van der Waals surface area contributed by atoms with Crippen LogP contribution in [0.3, 0.4) is 0 Å². The van der Waals surface area contributed by atoms with Crippen molar-refractivity contribution in [2.75, 3.05) is 25.5 Å². The fourth-order valence-corrected chi connectivity index (χ4v) is 5.47. The summed E-state index contributed by atoms with van der Waals surface area (Å²) in [5, 5.41) is 6.25. The molecule has 0 unspecified atom stereocenters. The molecule has 0 radical (unpaired) electrons.